The van der Waals surface area contributed by atoms with Gasteiger partial charge < -0.3 is 14.8 Å². The van der Waals surface area contributed by atoms with Crippen LogP contribution in [0.25, 0.3) is 0 Å². The van der Waals surface area contributed by atoms with Crippen molar-refractivity contribution in [2.75, 3.05) is 6.54 Å². The van der Waals surface area contributed by atoms with E-state index in [1.807, 2.05) is 42.5 Å². The lowest BCUT2D eigenvalue weighted by atomic mass is 10.1. The average molecular weight is 327 g/mol. The summed E-state index contributed by atoms with van der Waals surface area (Å²) in [4.78, 5) is 12.0. The van der Waals surface area contributed by atoms with E-state index in [4.69, 9.17) is 9.47 Å². The monoisotopic (exact) mass is 327 g/mol. The number of benzene rings is 2. The highest BCUT2D eigenvalue weighted by molar-refractivity contribution is 7.80. The van der Waals surface area contributed by atoms with Crippen molar-refractivity contribution in [1.29, 1.82) is 0 Å². The van der Waals surface area contributed by atoms with Crippen molar-refractivity contribution in [1.82, 2.24) is 5.32 Å². The Morgan fingerprint density at radius 1 is 1.04 bits per heavy atom. The highest BCUT2D eigenvalue weighted by Gasteiger charge is 2.22. The number of fused-ring (bicyclic) bond motifs is 1. The number of thiol groups is 1. The molecular weight excluding hydrogens is 310 g/mol. The van der Waals surface area contributed by atoms with Crippen LogP contribution in [0, 0.1) is 0 Å². The summed E-state index contributed by atoms with van der Waals surface area (Å²) < 4.78 is 11.9. The third-order valence-electron chi connectivity index (χ3n) is 3.41. The Morgan fingerprint density at radius 3 is 2.52 bits per heavy atom. The molecular formula is C18H17NO3S. The minimum Gasteiger partial charge on any atom is -0.454 e. The first-order chi connectivity index (χ1) is 11.1. The van der Waals surface area contributed by atoms with Gasteiger partial charge in [0.2, 0.25) is 5.91 Å². The van der Waals surface area contributed by atoms with Crippen LogP contribution in [0.4, 0.5) is 0 Å². The third-order valence-corrected chi connectivity index (χ3v) is 3.69. The maximum atomic E-state index is 11.2. The number of rotatable bonds is 4. The van der Waals surface area contributed by atoms with Crippen LogP contribution in [0.3, 0.4) is 0 Å². The number of ether oxygens (including phenoxy) is 2. The van der Waals surface area contributed by atoms with Crippen molar-refractivity contribution >= 4 is 18.5 Å². The maximum absolute atomic E-state index is 11.2. The van der Waals surface area contributed by atoms with Gasteiger partial charge in [-0.05, 0) is 23.8 Å². The zero-order chi connectivity index (χ0) is 16.2. The van der Waals surface area contributed by atoms with E-state index in [0.29, 0.717) is 29.4 Å². The Bertz CT molecular complexity index is 756. The van der Waals surface area contributed by atoms with Crippen molar-refractivity contribution in [2.45, 2.75) is 18.2 Å². The second kappa shape index (κ2) is 6.79. The van der Waals surface area contributed by atoms with E-state index in [2.05, 4.69) is 17.9 Å². The minimum absolute atomic E-state index is 0.117. The molecule has 1 aliphatic rings. The van der Waals surface area contributed by atoms with E-state index in [0.717, 1.165) is 10.5 Å². The second-order valence-corrected chi connectivity index (χ2v) is 5.77. The molecule has 2 aromatic rings. The van der Waals surface area contributed by atoms with Gasteiger partial charge in [-0.25, -0.2) is 0 Å². The number of carbonyl (C=O) groups excluding carboxylic acids is 1. The summed E-state index contributed by atoms with van der Waals surface area (Å²) in [5.74, 6) is 2.45. The van der Waals surface area contributed by atoms with E-state index in [1.54, 1.807) is 6.07 Å². The molecule has 0 unspecified atom stereocenters. The van der Waals surface area contributed by atoms with Crippen LogP contribution in [0.15, 0.2) is 64.9 Å². The number of hydrogen-bond donors (Lipinski definition) is 2. The van der Waals surface area contributed by atoms with Gasteiger partial charge in [0.15, 0.2) is 17.3 Å². The fourth-order valence-electron chi connectivity index (χ4n) is 2.30. The maximum Gasteiger partial charge on any atom is 0.217 e. The number of allylic oxidation sites excluding steroid dienone is 1. The van der Waals surface area contributed by atoms with Gasteiger partial charge in [-0.3, -0.25) is 4.79 Å². The van der Waals surface area contributed by atoms with Crippen molar-refractivity contribution < 1.29 is 14.3 Å². The minimum atomic E-state index is -0.117. The van der Waals surface area contributed by atoms with E-state index < -0.39 is 0 Å². The molecule has 0 radical (unpaired) electrons. The summed E-state index contributed by atoms with van der Waals surface area (Å²) in [6.45, 7) is 1.76. The molecule has 1 N–H and O–H groups in total. The summed E-state index contributed by atoms with van der Waals surface area (Å²) in [6.07, 6.45) is 0.595. The lowest BCUT2D eigenvalue weighted by Crippen LogP contribution is -2.28. The molecule has 1 amide bonds. The summed E-state index contributed by atoms with van der Waals surface area (Å²) >= 11 is 4.31. The van der Waals surface area contributed by atoms with Gasteiger partial charge in [0, 0.05) is 18.2 Å². The molecule has 0 aliphatic carbocycles. The zero-order valence-corrected chi connectivity index (χ0v) is 13.6. The first-order valence-electron chi connectivity index (χ1n) is 7.31. The zero-order valence-electron chi connectivity index (χ0n) is 12.7. The van der Waals surface area contributed by atoms with Crippen LogP contribution in [-0.4, -0.2) is 12.5 Å². The molecule has 0 saturated carbocycles. The third kappa shape index (κ3) is 3.87. The van der Waals surface area contributed by atoms with Crippen LogP contribution in [0.5, 0.6) is 11.5 Å². The Kier molecular flexibility index (Phi) is 4.57. The highest BCUT2D eigenvalue weighted by Crippen LogP contribution is 2.37. The van der Waals surface area contributed by atoms with Crippen molar-refractivity contribution in [2.24, 2.45) is 0 Å². The number of hydrogen-bond acceptors (Lipinski definition) is 4. The summed E-state index contributed by atoms with van der Waals surface area (Å²) in [5, 5.41) is 2.76. The van der Waals surface area contributed by atoms with Gasteiger partial charge >= 0.3 is 0 Å². The predicted molar refractivity (Wildman–Crippen MR) is 90.8 cm³/mol. The molecule has 0 fully saturated rings. The molecule has 5 heteroatoms. The van der Waals surface area contributed by atoms with Gasteiger partial charge in [0.25, 0.3) is 0 Å². The van der Waals surface area contributed by atoms with Gasteiger partial charge in [-0.2, -0.15) is 0 Å². The van der Waals surface area contributed by atoms with Crippen LogP contribution in [-0.2, 0) is 11.2 Å². The second-order valence-electron chi connectivity index (χ2n) is 5.25. The molecule has 3 rings (SSSR count). The summed E-state index contributed by atoms with van der Waals surface area (Å²) in [6, 6.07) is 15.5. The molecule has 118 valence electrons. The fourth-order valence-corrected chi connectivity index (χ4v) is 2.49. The molecule has 1 aliphatic heterocycles. The quantitative estimate of drug-likeness (QED) is 0.847. The number of amides is 1. The molecule has 2 aromatic carbocycles. The molecule has 1 heterocycles. The van der Waals surface area contributed by atoms with E-state index in [1.165, 1.54) is 6.92 Å². The fraction of sp³-hybridized carbons (Fsp3) is 0.167. The average Bonchev–Trinajstić information content (AvgIpc) is 2.54. The van der Waals surface area contributed by atoms with E-state index in [-0.39, 0.29) is 12.5 Å². The molecule has 0 atom stereocenters. The van der Waals surface area contributed by atoms with Gasteiger partial charge in [-0.15, -0.1) is 12.6 Å². The van der Waals surface area contributed by atoms with Gasteiger partial charge in [-0.1, -0.05) is 30.3 Å². The van der Waals surface area contributed by atoms with E-state index >= 15 is 0 Å². The SMILES string of the molecule is CC(=O)NCC1=C(Cc2ccccc2)Oc2ccc(S)cc2O1. The van der Waals surface area contributed by atoms with Crippen LogP contribution < -0.4 is 14.8 Å². The number of nitrogens with one attached hydrogen (secondary N) is 1. The Hall–Kier alpha value is -2.40. The lowest BCUT2D eigenvalue weighted by Gasteiger charge is -2.24. The number of carbonyl (C=O) groups is 1. The largest absolute Gasteiger partial charge is 0.454 e. The first kappa shape index (κ1) is 15.5. The predicted octanol–water partition coefficient (Wildman–Crippen LogP) is 3.34. The molecule has 0 bridgehead atoms. The summed E-state index contributed by atoms with van der Waals surface area (Å²) in [7, 11) is 0. The van der Waals surface area contributed by atoms with Crippen LogP contribution >= 0.6 is 12.6 Å². The van der Waals surface area contributed by atoms with Crippen molar-refractivity contribution in [3.8, 4) is 11.5 Å². The Morgan fingerprint density at radius 2 is 1.78 bits per heavy atom. The van der Waals surface area contributed by atoms with E-state index in [9.17, 15) is 4.79 Å². The topological polar surface area (TPSA) is 47.6 Å². The molecule has 0 aromatic heterocycles. The highest BCUT2D eigenvalue weighted by atomic mass is 32.1. The summed E-state index contributed by atoms with van der Waals surface area (Å²) in [5.41, 5.74) is 1.11. The smallest absolute Gasteiger partial charge is 0.217 e. The normalized spacial score (nSPS) is 13.0. The molecule has 23 heavy (non-hydrogen) atoms. The lowest BCUT2D eigenvalue weighted by molar-refractivity contribution is -0.118. The van der Waals surface area contributed by atoms with Crippen LogP contribution in [0.1, 0.15) is 12.5 Å². The van der Waals surface area contributed by atoms with Crippen molar-refractivity contribution in [3.05, 3.63) is 65.6 Å². The molecule has 4 nitrogen and oxygen atoms in total. The Balaban J connectivity index is 1.89. The van der Waals surface area contributed by atoms with Crippen molar-refractivity contribution in [3.63, 3.8) is 0 Å². The standard InChI is InChI=1S/C18H17NO3S/c1-12(20)19-11-18-16(9-13-5-3-2-4-6-13)21-15-8-7-14(23)10-17(15)22-18/h2-8,10,23H,9,11H2,1H3,(H,19,20). The molecule has 0 saturated heterocycles. The first-order valence-corrected chi connectivity index (χ1v) is 7.75. The van der Waals surface area contributed by atoms with Crippen LogP contribution in [0.2, 0.25) is 0 Å². The Labute approximate surface area is 140 Å². The van der Waals surface area contributed by atoms with Gasteiger partial charge in [0.05, 0.1) is 6.54 Å². The molecule has 0 spiro atoms. The van der Waals surface area contributed by atoms with Gasteiger partial charge in [0.1, 0.15) is 5.76 Å².